The summed E-state index contributed by atoms with van der Waals surface area (Å²) in [5.74, 6) is 0.173. The van der Waals surface area contributed by atoms with E-state index in [2.05, 4.69) is 5.32 Å². The van der Waals surface area contributed by atoms with Crippen LogP contribution >= 0.6 is 0 Å². The summed E-state index contributed by atoms with van der Waals surface area (Å²) >= 11 is 0. The summed E-state index contributed by atoms with van der Waals surface area (Å²) < 4.78 is 5.62. The molecule has 2 heterocycles. The predicted octanol–water partition coefficient (Wildman–Crippen LogP) is 2.17. The van der Waals surface area contributed by atoms with Gasteiger partial charge in [0.1, 0.15) is 0 Å². The van der Waals surface area contributed by atoms with E-state index in [-0.39, 0.29) is 24.1 Å². The molecule has 0 bridgehead atoms. The number of nitrogens with one attached hydrogen (secondary N) is 1. The number of benzene rings is 1. The molecule has 3 rings (SSSR count). The Hall–Kier alpha value is -2.08. The number of rotatable bonds is 4. The highest BCUT2D eigenvalue weighted by Crippen LogP contribution is 2.19. The molecule has 6 nitrogen and oxygen atoms in total. The number of ether oxygens (including phenoxy) is 1. The largest absolute Gasteiger partial charge is 0.377 e. The number of nitrogens with zero attached hydrogens (tertiary/aromatic N) is 2. The van der Waals surface area contributed by atoms with Gasteiger partial charge in [-0.25, -0.2) is 4.79 Å². The monoisotopic (exact) mass is 345 g/mol. The Morgan fingerprint density at radius 3 is 2.80 bits per heavy atom. The van der Waals surface area contributed by atoms with E-state index in [0.29, 0.717) is 32.7 Å². The van der Waals surface area contributed by atoms with E-state index in [4.69, 9.17) is 4.74 Å². The molecule has 0 spiro atoms. The zero-order valence-corrected chi connectivity index (χ0v) is 14.8. The summed E-state index contributed by atoms with van der Waals surface area (Å²) in [6, 6.07) is 9.59. The average molecular weight is 345 g/mol. The Balaban J connectivity index is 1.70. The van der Waals surface area contributed by atoms with Crippen LogP contribution in [0.5, 0.6) is 0 Å². The van der Waals surface area contributed by atoms with E-state index in [1.54, 1.807) is 0 Å². The topological polar surface area (TPSA) is 61.9 Å². The van der Waals surface area contributed by atoms with Gasteiger partial charge in [0.25, 0.3) is 0 Å². The molecular weight excluding hydrogens is 318 g/mol. The maximum Gasteiger partial charge on any atom is 0.318 e. The molecule has 2 atom stereocenters. The lowest BCUT2D eigenvalue weighted by molar-refractivity contribution is -0.128. The quantitative estimate of drug-likeness (QED) is 0.910. The fourth-order valence-electron chi connectivity index (χ4n) is 3.46. The van der Waals surface area contributed by atoms with Gasteiger partial charge in [0.05, 0.1) is 12.1 Å². The summed E-state index contributed by atoms with van der Waals surface area (Å²) in [4.78, 5) is 28.5. The molecule has 136 valence electrons. The van der Waals surface area contributed by atoms with Gasteiger partial charge in [-0.2, -0.15) is 0 Å². The van der Waals surface area contributed by atoms with Crippen molar-refractivity contribution in [2.75, 3.05) is 32.8 Å². The van der Waals surface area contributed by atoms with Gasteiger partial charge in [0.15, 0.2) is 0 Å². The Morgan fingerprint density at radius 1 is 1.28 bits per heavy atom. The minimum atomic E-state index is -0.199. The molecule has 2 aliphatic heterocycles. The van der Waals surface area contributed by atoms with Crippen LogP contribution in [0.2, 0.25) is 0 Å². The minimum Gasteiger partial charge on any atom is -0.377 e. The fraction of sp³-hybridized carbons (Fsp3) is 0.579. The predicted molar refractivity (Wildman–Crippen MR) is 95.1 cm³/mol. The fourth-order valence-corrected chi connectivity index (χ4v) is 3.46. The first-order chi connectivity index (χ1) is 12.1. The lowest BCUT2D eigenvalue weighted by Gasteiger charge is -2.29. The standard InChI is InChI=1S/C19H27N3O3/c1-15-13-22(11-6-12-25-15)19(24)20-17(16-7-3-2-4-8-16)14-21-10-5-9-18(21)23/h2-4,7-8,15,17H,5-6,9-14H2,1H3,(H,20,24). The first-order valence-corrected chi connectivity index (χ1v) is 9.13. The summed E-state index contributed by atoms with van der Waals surface area (Å²) in [5, 5.41) is 3.14. The van der Waals surface area contributed by atoms with Gasteiger partial charge < -0.3 is 19.9 Å². The zero-order valence-electron chi connectivity index (χ0n) is 14.8. The number of likely N-dealkylation sites (tertiary alicyclic amines) is 1. The highest BCUT2D eigenvalue weighted by molar-refractivity contribution is 5.78. The van der Waals surface area contributed by atoms with Crippen LogP contribution in [-0.4, -0.2) is 60.6 Å². The minimum absolute atomic E-state index is 0.0450. The molecule has 0 saturated carbocycles. The zero-order chi connectivity index (χ0) is 17.6. The molecule has 0 radical (unpaired) electrons. The Kier molecular flexibility index (Phi) is 5.91. The molecule has 1 aromatic rings. The van der Waals surface area contributed by atoms with Crippen molar-refractivity contribution in [2.24, 2.45) is 0 Å². The molecule has 0 aliphatic carbocycles. The molecule has 2 aliphatic rings. The van der Waals surface area contributed by atoms with E-state index >= 15 is 0 Å². The van der Waals surface area contributed by atoms with Crippen LogP contribution in [0, 0.1) is 0 Å². The second-order valence-corrected chi connectivity index (χ2v) is 6.84. The maximum atomic E-state index is 12.8. The van der Waals surface area contributed by atoms with E-state index in [0.717, 1.165) is 24.9 Å². The van der Waals surface area contributed by atoms with Crippen LogP contribution in [0.3, 0.4) is 0 Å². The van der Waals surface area contributed by atoms with Crippen LogP contribution in [-0.2, 0) is 9.53 Å². The van der Waals surface area contributed by atoms with Crippen molar-refractivity contribution in [2.45, 2.75) is 38.3 Å². The van der Waals surface area contributed by atoms with Crippen molar-refractivity contribution in [1.29, 1.82) is 0 Å². The van der Waals surface area contributed by atoms with Crippen molar-refractivity contribution in [1.82, 2.24) is 15.1 Å². The van der Waals surface area contributed by atoms with Gasteiger partial charge in [-0.3, -0.25) is 4.79 Å². The van der Waals surface area contributed by atoms with Crippen molar-refractivity contribution in [3.63, 3.8) is 0 Å². The van der Waals surface area contributed by atoms with Gasteiger partial charge in [0, 0.05) is 39.2 Å². The van der Waals surface area contributed by atoms with Crippen molar-refractivity contribution in [3.05, 3.63) is 35.9 Å². The van der Waals surface area contributed by atoms with Gasteiger partial charge in [-0.15, -0.1) is 0 Å². The van der Waals surface area contributed by atoms with Crippen molar-refractivity contribution >= 4 is 11.9 Å². The lowest BCUT2D eigenvalue weighted by atomic mass is 10.1. The summed E-state index contributed by atoms with van der Waals surface area (Å²) in [5.41, 5.74) is 1.02. The Bertz CT molecular complexity index is 593. The SMILES string of the molecule is CC1CN(C(=O)NC(CN2CCCC2=O)c2ccccc2)CCCO1. The molecular formula is C19H27N3O3. The van der Waals surface area contributed by atoms with E-state index in [1.807, 2.05) is 47.1 Å². The summed E-state index contributed by atoms with van der Waals surface area (Å²) in [6.07, 6.45) is 2.40. The first-order valence-electron chi connectivity index (χ1n) is 9.13. The van der Waals surface area contributed by atoms with Crippen LogP contribution in [0.4, 0.5) is 4.79 Å². The molecule has 2 unspecified atom stereocenters. The van der Waals surface area contributed by atoms with Crippen molar-refractivity contribution < 1.29 is 14.3 Å². The van der Waals surface area contributed by atoms with Crippen molar-refractivity contribution in [3.8, 4) is 0 Å². The third-order valence-corrected chi connectivity index (χ3v) is 4.81. The smallest absolute Gasteiger partial charge is 0.318 e. The van der Waals surface area contributed by atoms with E-state index < -0.39 is 0 Å². The number of hydrogen-bond acceptors (Lipinski definition) is 3. The van der Waals surface area contributed by atoms with E-state index in [9.17, 15) is 9.59 Å². The highest BCUT2D eigenvalue weighted by atomic mass is 16.5. The second-order valence-electron chi connectivity index (χ2n) is 6.84. The van der Waals surface area contributed by atoms with Gasteiger partial charge in [-0.05, 0) is 25.3 Å². The molecule has 6 heteroatoms. The number of carbonyl (C=O) groups excluding carboxylic acids is 2. The first kappa shape index (κ1) is 17.7. The van der Waals surface area contributed by atoms with Gasteiger partial charge in [-0.1, -0.05) is 30.3 Å². The van der Waals surface area contributed by atoms with Crippen LogP contribution in [0.1, 0.15) is 37.8 Å². The number of hydrogen-bond donors (Lipinski definition) is 1. The van der Waals surface area contributed by atoms with Gasteiger partial charge >= 0.3 is 6.03 Å². The van der Waals surface area contributed by atoms with E-state index in [1.165, 1.54) is 0 Å². The molecule has 1 N–H and O–H groups in total. The van der Waals surface area contributed by atoms with Gasteiger partial charge in [0.2, 0.25) is 5.91 Å². The third-order valence-electron chi connectivity index (χ3n) is 4.81. The molecule has 2 fully saturated rings. The maximum absolute atomic E-state index is 12.8. The molecule has 1 aromatic carbocycles. The number of amides is 3. The van der Waals surface area contributed by atoms with Crippen LogP contribution in [0.25, 0.3) is 0 Å². The number of carbonyl (C=O) groups is 2. The Labute approximate surface area is 149 Å². The molecule has 0 aromatic heterocycles. The molecule has 2 saturated heterocycles. The normalized spacial score (nSPS) is 22.6. The third kappa shape index (κ3) is 4.72. The van der Waals surface area contributed by atoms with Crippen LogP contribution in [0.15, 0.2) is 30.3 Å². The summed E-state index contributed by atoms with van der Waals surface area (Å²) in [7, 11) is 0. The second kappa shape index (κ2) is 8.34. The lowest BCUT2D eigenvalue weighted by Crippen LogP contribution is -2.46. The summed E-state index contributed by atoms with van der Waals surface area (Å²) in [6.45, 7) is 5.26. The highest BCUT2D eigenvalue weighted by Gasteiger charge is 2.27. The molecule has 25 heavy (non-hydrogen) atoms. The number of urea groups is 1. The average Bonchev–Trinajstić information content (AvgIpc) is 2.89. The van der Waals surface area contributed by atoms with Crippen LogP contribution < -0.4 is 5.32 Å². The molecule has 3 amide bonds. The Morgan fingerprint density at radius 2 is 2.08 bits per heavy atom.